The number of hydrogen-bond acceptors (Lipinski definition) is 3. The maximum absolute atomic E-state index is 10.8. The van der Waals surface area contributed by atoms with E-state index >= 15 is 0 Å². The third kappa shape index (κ3) is 2.82. The largest absolute Gasteiger partial charge is 0.489 e. The number of esters is 1. The molecule has 0 atom stereocenters. The maximum atomic E-state index is 10.8. The number of carbonyl (C=O) groups excluding carboxylic acids is 1. The summed E-state index contributed by atoms with van der Waals surface area (Å²) in [6, 6.07) is 18.4. The van der Waals surface area contributed by atoms with E-state index in [0.29, 0.717) is 6.61 Å². The van der Waals surface area contributed by atoms with Crippen molar-refractivity contribution in [2.24, 2.45) is 0 Å². The second-order valence-corrected chi connectivity index (χ2v) is 4.84. The highest BCUT2D eigenvalue weighted by Crippen LogP contribution is 2.34. The molecule has 106 valence electrons. The predicted octanol–water partition coefficient (Wildman–Crippen LogP) is 3.93. The maximum Gasteiger partial charge on any atom is 0.302 e. The topological polar surface area (TPSA) is 35.5 Å². The van der Waals surface area contributed by atoms with Crippen LogP contribution in [0.4, 0.5) is 0 Å². The molecule has 0 saturated carbocycles. The van der Waals surface area contributed by atoms with Crippen LogP contribution in [0, 0.1) is 0 Å². The lowest BCUT2D eigenvalue weighted by Crippen LogP contribution is -2.09. The van der Waals surface area contributed by atoms with Crippen LogP contribution in [0.2, 0.25) is 0 Å². The van der Waals surface area contributed by atoms with Gasteiger partial charge in [0.25, 0.3) is 0 Å². The monoisotopic (exact) mass is 280 g/mol. The fourth-order valence-electron chi connectivity index (χ4n) is 2.46. The molecule has 0 aliphatic rings. The van der Waals surface area contributed by atoms with Gasteiger partial charge in [-0.1, -0.05) is 48.5 Å². The van der Waals surface area contributed by atoms with Gasteiger partial charge < -0.3 is 9.47 Å². The van der Waals surface area contributed by atoms with E-state index in [1.807, 2.05) is 36.4 Å². The molecule has 0 heterocycles. The van der Waals surface area contributed by atoms with Crippen LogP contribution in [0.15, 0.2) is 54.6 Å². The minimum Gasteiger partial charge on any atom is -0.489 e. The third-order valence-electron chi connectivity index (χ3n) is 3.36. The fourth-order valence-corrected chi connectivity index (χ4v) is 2.46. The first-order valence-corrected chi connectivity index (χ1v) is 6.92. The van der Waals surface area contributed by atoms with Gasteiger partial charge in [0.15, 0.2) is 0 Å². The normalized spacial score (nSPS) is 10.7. The van der Waals surface area contributed by atoms with Gasteiger partial charge in [-0.05, 0) is 16.8 Å². The van der Waals surface area contributed by atoms with Crippen LogP contribution in [0.25, 0.3) is 21.5 Å². The van der Waals surface area contributed by atoms with Crippen LogP contribution in [-0.2, 0) is 9.53 Å². The van der Waals surface area contributed by atoms with E-state index in [4.69, 9.17) is 9.47 Å². The molecule has 0 bridgehead atoms. The summed E-state index contributed by atoms with van der Waals surface area (Å²) in [5.41, 5.74) is 0. The fraction of sp³-hybridized carbons (Fsp3) is 0.167. The zero-order valence-corrected chi connectivity index (χ0v) is 11.8. The molecule has 0 aliphatic carbocycles. The van der Waals surface area contributed by atoms with Gasteiger partial charge in [0.05, 0.1) is 0 Å². The molecule has 3 nitrogen and oxygen atoms in total. The summed E-state index contributed by atoms with van der Waals surface area (Å²) in [4.78, 5) is 10.8. The molecule has 3 aromatic carbocycles. The molecule has 0 unspecified atom stereocenters. The van der Waals surface area contributed by atoms with Crippen LogP contribution in [0.5, 0.6) is 5.75 Å². The first kappa shape index (κ1) is 13.4. The smallest absolute Gasteiger partial charge is 0.302 e. The Kier molecular flexibility index (Phi) is 3.73. The number of fused-ring (bicyclic) bond motifs is 2. The minimum atomic E-state index is -0.290. The van der Waals surface area contributed by atoms with E-state index in [1.54, 1.807) is 0 Å². The molecule has 0 fully saturated rings. The van der Waals surface area contributed by atoms with Crippen LogP contribution in [-0.4, -0.2) is 19.2 Å². The lowest BCUT2D eigenvalue weighted by atomic mass is 10.0. The van der Waals surface area contributed by atoms with Gasteiger partial charge in [-0.2, -0.15) is 0 Å². The second kappa shape index (κ2) is 5.83. The Bertz CT molecular complexity index is 739. The molecule has 0 N–H and O–H groups in total. The molecule has 0 amide bonds. The molecule has 3 rings (SSSR count). The van der Waals surface area contributed by atoms with Crippen molar-refractivity contribution in [1.82, 2.24) is 0 Å². The molecule has 0 radical (unpaired) electrons. The van der Waals surface area contributed by atoms with Crippen molar-refractivity contribution < 1.29 is 14.3 Å². The highest BCUT2D eigenvalue weighted by atomic mass is 16.6. The Morgan fingerprint density at radius 2 is 1.48 bits per heavy atom. The molecule has 3 aromatic rings. The van der Waals surface area contributed by atoms with Crippen molar-refractivity contribution >= 4 is 27.5 Å². The van der Waals surface area contributed by atoms with E-state index in [9.17, 15) is 4.79 Å². The SMILES string of the molecule is CC(=O)OCCOc1c2ccccc2cc2ccccc12. The number of carbonyl (C=O) groups is 1. The average molecular weight is 280 g/mol. The van der Waals surface area contributed by atoms with Crippen LogP contribution >= 0.6 is 0 Å². The van der Waals surface area contributed by atoms with Gasteiger partial charge in [0, 0.05) is 17.7 Å². The van der Waals surface area contributed by atoms with Gasteiger partial charge in [0.1, 0.15) is 19.0 Å². The quantitative estimate of drug-likeness (QED) is 0.412. The predicted molar refractivity (Wildman–Crippen MR) is 83.6 cm³/mol. The second-order valence-electron chi connectivity index (χ2n) is 4.84. The van der Waals surface area contributed by atoms with Crippen molar-refractivity contribution in [2.45, 2.75) is 6.92 Å². The van der Waals surface area contributed by atoms with Crippen LogP contribution in [0.3, 0.4) is 0 Å². The summed E-state index contributed by atoms with van der Waals surface area (Å²) in [5, 5.41) is 4.41. The van der Waals surface area contributed by atoms with E-state index in [2.05, 4.69) is 18.2 Å². The summed E-state index contributed by atoms with van der Waals surface area (Å²) >= 11 is 0. The highest BCUT2D eigenvalue weighted by molar-refractivity contribution is 6.05. The zero-order chi connectivity index (χ0) is 14.7. The molecule has 0 saturated heterocycles. The molecule has 21 heavy (non-hydrogen) atoms. The van der Waals surface area contributed by atoms with Gasteiger partial charge >= 0.3 is 5.97 Å². The first-order chi connectivity index (χ1) is 10.3. The average Bonchev–Trinajstić information content (AvgIpc) is 2.50. The Morgan fingerprint density at radius 3 is 2.05 bits per heavy atom. The molecule has 0 aromatic heterocycles. The zero-order valence-electron chi connectivity index (χ0n) is 11.8. The summed E-state index contributed by atoms with van der Waals surface area (Å²) in [6.45, 7) is 2.00. The number of rotatable bonds is 4. The summed E-state index contributed by atoms with van der Waals surface area (Å²) in [7, 11) is 0. The summed E-state index contributed by atoms with van der Waals surface area (Å²) < 4.78 is 10.8. The highest BCUT2D eigenvalue weighted by Gasteiger charge is 2.08. The lowest BCUT2D eigenvalue weighted by Gasteiger charge is -2.13. The van der Waals surface area contributed by atoms with E-state index in [1.165, 1.54) is 6.92 Å². The minimum absolute atomic E-state index is 0.257. The van der Waals surface area contributed by atoms with E-state index in [0.717, 1.165) is 27.3 Å². The number of hydrogen-bond donors (Lipinski definition) is 0. The van der Waals surface area contributed by atoms with Gasteiger partial charge in [-0.25, -0.2) is 0 Å². The van der Waals surface area contributed by atoms with Gasteiger partial charge in [0.2, 0.25) is 0 Å². The Balaban J connectivity index is 2.01. The molecule has 0 aliphatic heterocycles. The summed E-state index contributed by atoms with van der Waals surface area (Å²) in [6.07, 6.45) is 0. The van der Waals surface area contributed by atoms with Crippen molar-refractivity contribution in [3.05, 3.63) is 54.6 Å². The molecule has 0 spiro atoms. The van der Waals surface area contributed by atoms with Crippen molar-refractivity contribution in [1.29, 1.82) is 0 Å². The van der Waals surface area contributed by atoms with Crippen molar-refractivity contribution in [2.75, 3.05) is 13.2 Å². The Labute approximate surface area is 123 Å². The lowest BCUT2D eigenvalue weighted by molar-refractivity contribution is -0.141. The number of ether oxygens (including phenoxy) is 2. The van der Waals surface area contributed by atoms with E-state index < -0.39 is 0 Å². The Morgan fingerprint density at radius 1 is 0.905 bits per heavy atom. The molecular weight excluding hydrogens is 264 g/mol. The Hall–Kier alpha value is -2.55. The summed E-state index contributed by atoms with van der Waals surface area (Å²) in [5.74, 6) is 0.553. The van der Waals surface area contributed by atoms with Gasteiger partial charge in [-0.3, -0.25) is 4.79 Å². The molecule has 3 heteroatoms. The van der Waals surface area contributed by atoms with Crippen LogP contribution in [0.1, 0.15) is 6.92 Å². The van der Waals surface area contributed by atoms with E-state index in [-0.39, 0.29) is 12.6 Å². The third-order valence-corrected chi connectivity index (χ3v) is 3.36. The standard InChI is InChI=1S/C18H16O3/c1-13(19)20-10-11-21-18-16-8-4-2-6-14(16)12-15-7-3-5-9-17(15)18/h2-9,12H,10-11H2,1H3. The number of benzene rings is 3. The van der Waals surface area contributed by atoms with Crippen LogP contribution < -0.4 is 4.74 Å². The van der Waals surface area contributed by atoms with Gasteiger partial charge in [-0.15, -0.1) is 0 Å². The molecular formula is C18H16O3. The van der Waals surface area contributed by atoms with Crippen molar-refractivity contribution in [3.63, 3.8) is 0 Å². The van der Waals surface area contributed by atoms with Crippen molar-refractivity contribution in [3.8, 4) is 5.75 Å². The first-order valence-electron chi connectivity index (χ1n) is 6.92.